The van der Waals surface area contributed by atoms with E-state index in [9.17, 15) is 4.79 Å². The first-order valence-electron chi connectivity index (χ1n) is 6.37. The summed E-state index contributed by atoms with van der Waals surface area (Å²) in [6.45, 7) is 12.9. The van der Waals surface area contributed by atoms with E-state index in [2.05, 4.69) is 46.9 Å². The normalized spacial score (nSPS) is 28.6. The molecule has 1 amide bonds. The van der Waals surface area contributed by atoms with E-state index in [0.717, 1.165) is 12.8 Å². The lowest BCUT2D eigenvalue weighted by Gasteiger charge is -2.37. The minimum absolute atomic E-state index is 0.0322. The molecular weight excluding hydrogens is 200 g/mol. The minimum Gasteiger partial charge on any atom is -0.323 e. The fourth-order valence-electron chi connectivity index (χ4n) is 2.25. The van der Waals surface area contributed by atoms with E-state index >= 15 is 0 Å². The summed E-state index contributed by atoms with van der Waals surface area (Å²) >= 11 is 0. The Morgan fingerprint density at radius 2 is 2.00 bits per heavy atom. The van der Waals surface area contributed by atoms with Crippen molar-refractivity contribution in [2.45, 2.75) is 72.6 Å². The lowest BCUT2D eigenvalue weighted by Crippen LogP contribution is -2.47. The molecule has 1 heterocycles. The Hall–Kier alpha value is -0.570. The van der Waals surface area contributed by atoms with Crippen LogP contribution in [0.3, 0.4) is 0 Å². The van der Waals surface area contributed by atoms with Gasteiger partial charge in [-0.1, -0.05) is 34.1 Å². The van der Waals surface area contributed by atoms with E-state index < -0.39 is 0 Å². The van der Waals surface area contributed by atoms with Crippen molar-refractivity contribution < 1.29 is 4.79 Å². The first-order valence-corrected chi connectivity index (χ1v) is 6.37. The van der Waals surface area contributed by atoms with E-state index in [1.807, 2.05) is 4.90 Å². The lowest BCUT2D eigenvalue weighted by atomic mass is 9.86. The fraction of sp³-hybridized carbons (Fsp3) is 0.923. The number of amides is 1. The second-order valence-corrected chi connectivity index (χ2v) is 5.97. The van der Waals surface area contributed by atoms with Gasteiger partial charge in [-0.15, -0.1) is 0 Å². The van der Waals surface area contributed by atoms with Crippen LogP contribution in [0.2, 0.25) is 0 Å². The summed E-state index contributed by atoms with van der Waals surface area (Å²) < 4.78 is 0. The summed E-state index contributed by atoms with van der Waals surface area (Å²) in [5.74, 6) is 0.275. The molecule has 0 bridgehead atoms. The van der Waals surface area contributed by atoms with Crippen molar-refractivity contribution in [3.05, 3.63) is 0 Å². The molecule has 1 N–H and O–H groups in total. The van der Waals surface area contributed by atoms with Crippen molar-refractivity contribution >= 4 is 5.91 Å². The zero-order chi connectivity index (χ0) is 12.5. The Labute approximate surface area is 99.6 Å². The highest BCUT2D eigenvalue weighted by molar-refractivity contribution is 5.84. The average molecular weight is 226 g/mol. The number of rotatable bonds is 3. The molecule has 3 nitrogen and oxygen atoms in total. The van der Waals surface area contributed by atoms with Crippen LogP contribution in [0, 0.1) is 5.41 Å². The molecule has 1 saturated heterocycles. The molecule has 1 rings (SSSR count). The monoisotopic (exact) mass is 226 g/mol. The van der Waals surface area contributed by atoms with Crippen molar-refractivity contribution in [3.63, 3.8) is 0 Å². The number of hydrogen-bond donors (Lipinski definition) is 1. The summed E-state index contributed by atoms with van der Waals surface area (Å²) in [5, 5.41) is 3.38. The molecule has 0 saturated carbocycles. The van der Waals surface area contributed by atoms with Crippen LogP contribution in [0.1, 0.15) is 54.4 Å². The molecule has 3 atom stereocenters. The third-order valence-electron chi connectivity index (χ3n) is 3.66. The van der Waals surface area contributed by atoms with E-state index in [-0.39, 0.29) is 29.6 Å². The highest BCUT2D eigenvalue weighted by atomic mass is 16.2. The highest BCUT2D eigenvalue weighted by Crippen LogP contribution is 2.28. The lowest BCUT2D eigenvalue weighted by molar-refractivity contribution is -0.134. The third kappa shape index (κ3) is 2.57. The second kappa shape index (κ2) is 4.74. The largest absolute Gasteiger partial charge is 0.323 e. The van der Waals surface area contributed by atoms with E-state index in [0.29, 0.717) is 0 Å². The second-order valence-electron chi connectivity index (χ2n) is 5.97. The Bertz CT molecular complexity index is 257. The topological polar surface area (TPSA) is 32.3 Å². The highest BCUT2D eigenvalue weighted by Gasteiger charge is 2.41. The van der Waals surface area contributed by atoms with Crippen molar-refractivity contribution in [3.8, 4) is 0 Å². The summed E-state index contributed by atoms with van der Waals surface area (Å²) in [7, 11) is 0. The first kappa shape index (κ1) is 13.5. The number of hydrogen-bond acceptors (Lipinski definition) is 2. The molecule has 1 aliphatic rings. The third-order valence-corrected chi connectivity index (χ3v) is 3.66. The SMILES string of the molecule is CCCC1NC(C)N(C(C)C(C)(C)C)C1=O. The Morgan fingerprint density at radius 3 is 2.44 bits per heavy atom. The first-order chi connectivity index (χ1) is 7.29. The van der Waals surface area contributed by atoms with Crippen molar-refractivity contribution in [2.75, 3.05) is 0 Å². The molecule has 0 radical (unpaired) electrons. The van der Waals surface area contributed by atoms with E-state index in [1.54, 1.807) is 0 Å². The van der Waals surface area contributed by atoms with Gasteiger partial charge in [0.05, 0.1) is 12.2 Å². The maximum atomic E-state index is 12.3. The molecule has 0 aromatic heterocycles. The van der Waals surface area contributed by atoms with Crippen LogP contribution < -0.4 is 5.32 Å². The van der Waals surface area contributed by atoms with Crippen LogP contribution in [0.5, 0.6) is 0 Å². The molecule has 0 aliphatic carbocycles. The van der Waals surface area contributed by atoms with Crippen LogP contribution in [0.25, 0.3) is 0 Å². The van der Waals surface area contributed by atoms with Crippen LogP contribution >= 0.6 is 0 Å². The quantitative estimate of drug-likeness (QED) is 0.801. The van der Waals surface area contributed by atoms with Crippen molar-refractivity contribution in [1.82, 2.24) is 10.2 Å². The van der Waals surface area contributed by atoms with Gasteiger partial charge in [-0.05, 0) is 25.7 Å². The van der Waals surface area contributed by atoms with Gasteiger partial charge in [0, 0.05) is 6.04 Å². The van der Waals surface area contributed by atoms with Gasteiger partial charge in [0.1, 0.15) is 0 Å². The summed E-state index contributed by atoms with van der Waals surface area (Å²) in [5.41, 5.74) is 0.132. The van der Waals surface area contributed by atoms with Gasteiger partial charge in [-0.2, -0.15) is 0 Å². The summed E-state index contributed by atoms with van der Waals surface area (Å²) in [4.78, 5) is 14.3. The number of carbonyl (C=O) groups excluding carboxylic acids is 1. The number of nitrogens with zero attached hydrogens (tertiary/aromatic N) is 1. The fourth-order valence-corrected chi connectivity index (χ4v) is 2.25. The van der Waals surface area contributed by atoms with Crippen LogP contribution in [0.4, 0.5) is 0 Å². The molecule has 94 valence electrons. The predicted octanol–water partition coefficient (Wildman–Crippen LogP) is 2.37. The van der Waals surface area contributed by atoms with Crippen LogP contribution in [-0.4, -0.2) is 29.1 Å². The van der Waals surface area contributed by atoms with Crippen molar-refractivity contribution in [2.24, 2.45) is 5.41 Å². The molecule has 16 heavy (non-hydrogen) atoms. The zero-order valence-corrected chi connectivity index (χ0v) is 11.5. The Morgan fingerprint density at radius 1 is 1.44 bits per heavy atom. The Balaban J connectivity index is 2.78. The van der Waals surface area contributed by atoms with Gasteiger partial charge in [-0.25, -0.2) is 0 Å². The van der Waals surface area contributed by atoms with Crippen molar-refractivity contribution in [1.29, 1.82) is 0 Å². The molecule has 1 fully saturated rings. The molecule has 0 aromatic carbocycles. The molecule has 0 spiro atoms. The smallest absolute Gasteiger partial charge is 0.241 e. The molecule has 0 aromatic rings. The minimum atomic E-state index is 0.0322. The molecule has 3 unspecified atom stereocenters. The average Bonchev–Trinajstić information content (AvgIpc) is 2.40. The maximum absolute atomic E-state index is 12.3. The summed E-state index contributed by atoms with van der Waals surface area (Å²) in [6.07, 6.45) is 2.16. The predicted molar refractivity (Wildman–Crippen MR) is 67.1 cm³/mol. The summed E-state index contributed by atoms with van der Waals surface area (Å²) in [6, 6.07) is 0.300. The van der Waals surface area contributed by atoms with Crippen LogP contribution in [-0.2, 0) is 4.79 Å². The number of nitrogens with one attached hydrogen (secondary N) is 1. The van der Waals surface area contributed by atoms with Gasteiger partial charge in [0.25, 0.3) is 0 Å². The zero-order valence-electron chi connectivity index (χ0n) is 11.5. The molecule has 1 aliphatic heterocycles. The van der Waals surface area contributed by atoms with Gasteiger partial charge >= 0.3 is 0 Å². The van der Waals surface area contributed by atoms with Crippen LogP contribution in [0.15, 0.2) is 0 Å². The molecule has 3 heteroatoms. The van der Waals surface area contributed by atoms with Gasteiger partial charge in [0.2, 0.25) is 5.91 Å². The maximum Gasteiger partial charge on any atom is 0.241 e. The van der Waals surface area contributed by atoms with E-state index in [1.165, 1.54) is 0 Å². The Kier molecular flexibility index (Phi) is 4.00. The van der Waals surface area contributed by atoms with Gasteiger partial charge < -0.3 is 4.90 Å². The van der Waals surface area contributed by atoms with Gasteiger partial charge in [-0.3, -0.25) is 10.1 Å². The standard InChI is InChI=1S/C13H26N2O/c1-7-8-11-12(16)15(10(3)14-11)9(2)13(4,5)6/h9-11,14H,7-8H2,1-6H3. The number of carbonyl (C=O) groups is 1. The van der Waals surface area contributed by atoms with E-state index in [4.69, 9.17) is 0 Å². The van der Waals surface area contributed by atoms with Gasteiger partial charge in [0.15, 0.2) is 0 Å². The molecular formula is C13H26N2O.